The van der Waals surface area contributed by atoms with Crippen molar-refractivity contribution in [2.24, 2.45) is 0 Å². The van der Waals surface area contributed by atoms with E-state index in [0.29, 0.717) is 5.56 Å². The van der Waals surface area contributed by atoms with E-state index in [4.69, 9.17) is 0 Å². The van der Waals surface area contributed by atoms with Crippen LogP contribution in [0.5, 0.6) is 0 Å². The molecule has 0 saturated carbocycles. The molecule has 3 nitrogen and oxygen atoms in total. The van der Waals surface area contributed by atoms with Crippen LogP contribution in [0.15, 0.2) is 36.5 Å². The number of aromatic nitrogens is 1. The molecule has 1 amide bonds. The van der Waals surface area contributed by atoms with Crippen LogP contribution in [0.25, 0.3) is 10.9 Å². The van der Waals surface area contributed by atoms with Crippen molar-refractivity contribution in [2.45, 2.75) is 39.0 Å². The van der Waals surface area contributed by atoms with E-state index in [1.165, 1.54) is 25.7 Å². The lowest BCUT2D eigenvalue weighted by molar-refractivity contribution is 0.0953. The fourth-order valence-electron chi connectivity index (χ4n) is 2.25. The smallest absolute Gasteiger partial charge is 0.251 e. The van der Waals surface area contributed by atoms with Gasteiger partial charge in [-0.3, -0.25) is 9.78 Å². The molecule has 0 saturated heterocycles. The van der Waals surface area contributed by atoms with Crippen LogP contribution in [0.4, 0.5) is 0 Å². The lowest BCUT2D eigenvalue weighted by atomic mass is 10.1. The summed E-state index contributed by atoms with van der Waals surface area (Å²) in [5.41, 5.74) is 1.63. The van der Waals surface area contributed by atoms with E-state index in [9.17, 15) is 4.79 Å². The molecule has 0 unspecified atom stereocenters. The van der Waals surface area contributed by atoms with Crippen molar-refractivity contribution in [3.05, 3.63) is 42.1 Å². The molecule has 1 aromatic heterocycles. The Hall–Kier alpha value is -1.90. The first kappa shape index (κ1) is 14.5. The van der Waals surface area contributed by atoms with Crippen molar-refractivity contribution in [2.75, 3.05) is 6.54 Å². The molecule has 0 bridgehead atoms. The number of nitrogens with one attached hydrogen (secondary N) is 1. The van der Waals surface area contributed by atoms with Gasteiger partial charge in [0.25, 0.3) is 5.91 Å². The monoisotopic (exact) mass is 270 g/mol. The van der Waals surface area contributed by atoms with Crippen molar-refractivity contribution < 1.29 is 4.79 Å². The molecule has 2 aromatic rings. The highest BCUT2D eigenvalue weighted by Crippen LogP contribution is 2.13. The molecule has 0 fully saturated rings. The number of amides is 1. The second-order valence-electron chi connectivity index (χ2n) is 5.08. The summed E-state index contributed by atoms with van der Waals surface area (Å²) in [7, 11) is 0. The molecule has 0 aliphatic carbocycles. The Morgan fingerprint density at radius 1 is 1.15 bits per heavy atom. The van der Waals surface area contributed by atoms with Gasteiger partial charge in [-0.2, -0.15) is 0 Å². The van der Waals surface area contributed by atoms with Crippen LogP contribution in [-0.2, 0) is 0 Å². The van der Waals surface area contributed by atoms with E-state index in [0.717, 1.165) is 23.9 Å². The van der Waals surface area contributed by atoms with E-state index in [1.54, 1.807) is 6.20 Å². The van der Waals surface area contributed by atoms with Crippen molar-refractivity contribution in [3.63, 3.8) is 0 Å². The molecular formula is C17H22N2O. The highest BCUT2D eigenvalue weighted by molar-refractivity contribution is 5.97. The predicted molar refractivity (Wildman–Crippen MR) is 82.8 cm³/mol. The first-order valence-corrected chi connectivity index (χ1v) is 7.44. The van der Waals surface area contributed by atoms with E-state index < -0.39 is 0 Å². The summed E-state index contributed by atoms with van der Waals surface area (Å²) in [6.07, 6.45) is 7.80. The Kier molecular flexibility index (Phi) is 5.54. The summed E-state index contributed by atoms with van der Waals surface area (Å²) >= 11 is 0. The number of benzene rings is 1. The summed E-state index contributed by atoms with van der Waals surface area (Å²) in [5, 5.41) is 3.98. The van der Waals surface area contributed by atoms with Crippen molar-refractivity contribution >= 4 is 16.8 Å². The normalized spacial score (nSPS) is 10.7. The Bertz CT molecular complexity index is 566. The Balaban J connectivity index is 1.84. The average Bonchev–Trinajstić information content (AvgIpc) is 2.50. The van der Waals surface area contributed by atoms with E-state index >= 15 is 0 Å². The van der Waals surface area contributed by atoms with E-state index in [2.05, 4.69) is 17.2 Å². The molecule has 1 aromatic carbocycles. The van der Waals surface area contributed by atoms with Crippen molar-refractivity contribution in [1.82, 2.24) is 10.3 Å². The SMILES string of the molecule is CCCCCCCNC(=O)c1ccc2ncccc2c1. The van der Waals surface area contributed by atoms with Gasteiger partial charge in [-0.25, -0.2) is 0 Å². The molecule has 2 rings (SSSR count). The van der Waals surface area contributed by atoms with Gasteiger partial charge >= 0.3 is 0 Å². The van der Waals surface area contributed by atoms with Crippen molar-refractivity contribution in [1.29, 1.82) is 0 Å². The zero-order chi connectivity index (χ0) is 14.2. The average molecular weight is 270 g/mol. The minimum Gasteiger partial charge on any atom is -0.352 e. The maximum absolute atomic E-state index is 12.0. The molecule has 0 atom stereocenters. The molecular weight excluding hydrogens is 248 g/mol. The molecule has 0 aliphatic rings. The number of unbranched alkanes of at least 4 members (excludes halogenated alkanes) is 4. The number of hydrogen-bond donors (Lipinski definition) is 1. The number of carbonyl (C=O) groups excluding carboxylic acids is 1. The second-order valence-corrected chi connectivity index (χ2v) is 5.08. The van der Waals surface area contributed by atoms with Gasteiger partial charge in [0, 0.05) is 23.7 Å². The van der Waals surface area contributed by atoms with Crippen LogP contribution in [0.2, 0.25) is 0 Å². The largest absolute Gasteiger partial charge is 0.352 e. The molecule has 20 heavy (non-hydrogen) atoms. The van der Waals surface area contributed by atoms with E-state index in [1.807, 2.05) is 30.3 Å². The van der Waals surface area contributed by atoms with Crippen LogP contribution >= 0.6 is 0 Å². The van der Waals surface area contributed by atoms with Gasteiger partial charge < -0.3 is 5.32 Å². The topological polar surface area (TPSA) is 42.0 Å². The molecule has 106 valence electrons. The maximum atomic E-state index is 12.0. The third kappa shape index (κ3) is 4.05. The fourth-order valence-corrected chi connectivity index (χ4v) is 2.25. The highest BCUT2D eigenvalue weighted by atomic mass is 16.1. The predicted octanol–water partition coefficient (Wildman–Crippen LogP) is 3.94. The molecule has 1 N–H and O–H groups in total. The minimum absolute atomic E-state index is 0.00578. The lowest BCUT2D eigenvalue weighted by Crippen LogP contribution is -2.24. The third-order valence-corrected chi connectivity index (χ3v) is 3.43. The minimum atomic E-state index is 0.00578. The fraction of sp³-hybridized carbons (Fsp3) is 0.412. The summed E-state index contributed by atoms with van der Waals surface area (Å²) in [6.45, 7) is 2.96. The molecule has 1 heterocycles. The van der Waals surface area contributed by atoms with E-state index in [-0.39, 0.29) is 5.91 Å². The Morgan fingerprint density at radius 3 is 2.85 bits per heavy atom. The number of hydrogen-bond acceptors (Lipinski definition) is 2. The van der Waals surface area contributed by atoms with Gasteiger partial charge in [0.2, 0.25) is 0 Å². The molecule has 3 heteroatoms. The summed E-state index contributed by atoms with van der Waals surface area (Å²) in [5.74, 6) is 0.00578. The number of carbonyl (C=O) groups is 1. The van der Waals surface area contributed by atoms with Gasteiger partial charge in [-0.05, 0) is 30.7 Å². The van der Waals surface area contributed by atoms with Crippen LogP contribution in [-0.4, -0.2) is 17.4 Å². The highest BCUT2D eigenvalue weighted by Gasteiger charge is 2.05. The summed E-state index contributed by atoms with van der Waals surface area (Å²) < 4.78 is 0. The van der Waals surface area contributed by atoms with Crippen LogP contribution < -0.4 is 5.32 Å². The lowest BCUT2D eigenvalue weighted by Gasteiger charge is -2.06. The zero-order valence-corrected chi connectivity index (χ0v) is 12.1. The van der Waals surface area contributed by atoms with Gasteiger partial charge in [-0.15, -0.1) is 0 Å². The van der Waals surface area contributed by atoms with Crippen LogP contribution in [0.1, 0.15) is 49.4 Å². The summed E-state index contributed by atoms with van der Waals surface area (Å²) in [4.78, 5) is 16.3. The van der Waals surface area contributed by atoms with Crippen LogP contribution in [0, 0.1) is 0 Å². The van der Waals surface area contributed by atoms with Gasteiger partial charge in [-0.1, -0.05) is 38.7 Å². The quantitative estimate of drug-likeness (QED) is 0.774. The zero-order valence-electron chi connectivity index (χ0n) is 12.1. The second kappa shape index (κ2) is 7.63. The van der Waals surface area contributed by atoms with Gasteiger partial charge in [0.05, 0.1) is 5.52 Å². The molecule has 0 spiro atoms. The summed E-state index contributed by atoms with van der Waals surface area (Å²) in [6, 6.07) is 9.49. The first-order chi connectivity index (χ1) is 9.81. The number of fused-ring (bicyclic) bond motifs is 1. The third-order valence-electron chi connectivity index (χ3n) is 3.43. The van der Waals surface area contributed by atoms with Crippen molar-refractivity contribution in [3.8, 4) is 0 Å². The number of nitrogens with zero attached hydrogens (tertiary/aromatic N) is 1. The van der Waals surface area contributed by atoms with Gasteiger partial charge in [0.1, 0.15) is 0 Å². The van der Waals surface area contributed by atoms with Crippen LogP contribution in [0.3, 0.4) is 0 Å². The number of pyridine rings is 1. The Labute approximate surface area is 120 Å². The molecule has 0 aliphatic heterocycles. The Morgan fingerprint density at radius 2 is 2.00 bits per heavy atom. The number of rotatable bonds is 7. The first-order valence-electron chi connectivity index (χ1n) is 7.44. The van der Waals surface area contributed by atoms with Gasteiger partial charge in [0.15, 0.2) is 0 Å². The maximum Gasteiger partial charge on any atom is 0.251 e. The standard InChI is InChI=1S/C17H22N2O/c1-2-3-4-5-6-11-19-17(20)15-9-10-16-14(13-15)8-7-12-18-16/h7-10,12-13H,2-6,11H2,1H3,(H,19,20). The molecule has 0 radical (unpaired) electrons.